The van der Waals surface area contributed by atoms with Crippen molar-refractivity contribution in [3.8, 4) is 11.5 Å². The third kappa shape index (κ3) is 5.18. The molecule has 2 aliphatic heterocycles. The van der Waals surface area contributed by atoms with Gasteiger partial charge in [-0.25, -0.2) is 4.79 Å². The highest BCUT2D eigenvalue weighted by atomic mass is 32.2. The second-order valence-electron chi connectivity index (χ2n) is 7.72. The van der Waals surface area contributed by atoms with E-state index in [1.54, 1.807) is 37.0 Å². The largest absolute Gasteiger partial charge is 0.501 e. The van der Waals surface area contributed by atoms with Crippen molar-refractivity contribution in [2.75, 3.05) is 33.9 Å². The van der Waals surface area contributed by atoms with E-state index in [9.17, 15) is 14.4 Å². The van der Waals surface area contributed by atoms with Crippen LogP contribution >= 0.6 is 23.1 Å². The Bertz CT molecular complexity index is 1140. The molecular formula is C24H26N3O5S2+. The first-order valence-corrected chi connectivity index (χ1v) is 12.7. The summed E-state index contributed by atoms with van der Waals surface area (Å²) < 4.78 is 12.0. The van der Waals surface area contributed by atoms with E-state index in [0.717, 1.165) is 10.4 Å². The summed E-state index contributed by atoms with van der Waals surface area (Å²) in [5.41, 5.74) is 1.56. The summed E-state index contributed by atoms with van der Waals surface area (Å²) >= 11 is 2.95. The van der Waals surface area contributed by atoms with E-state index < -0.39 is 11.3 Å². The molecule has 0 bridgehead atoms. The monoisotopic (exact) mass is 500 g/mol. The average Bonchev–Trinajstić information content (AvgIpc) is 3.54. The number of amides is 4. The van der Waals surface area contributed by atoms with E-state index in [1.807, 2.05) is 35.7 Å². The fraction of sp³-hybridized carbons (Fsp3) is 0.333. The van der Waals surface area contributed by atoms with Crippen LogP contribution in [0.2, 0.25) is 0 Å². The first kappa shape index (κ1) is 24.0. The lowest BCUT2D eigenvalue weighted by Crippen LogP contribution is -2.57. The Morgan fingerprint density at radius 3 is 2.71 bits per heavy atom. The first-order chi connectivity index (χ1) is 16.5. The van der Waals surface area contributed by atoms with Gasteiger partial charge in [-0.15, -0.1) is 23.1 Å². The zero-order valence-corrected chi connectivity index (χ0v) is 20.6. The lowest BCUT2D eigenvalue weighted by Gasteiger charge is -2.24. The number of carbonyl (C=O) groups is 3. The van der Waals surface area contributed by atoms with Gasteiger partial charge >= 0.3 is 11.9 Å². The minimum Gasteiger partial charge on any atom is -0.493 e. The van der Waals surface area contributed by atoms with Gasteiger partial charge in [-0.1, -0.05) is 12.1 Å². The van der Waals surface area contributed by atoms with Gasteiger partial charge < -0.3 is 14.8 Å². The summed E-state index contributed by atoms with van der Waals surface area (Å²) in [5.74, 6) is 0.770. The molecule has 0 spiro atoms. The van der Waals surface area contributed by atoms with Gasteiger partial charge in [0.25, 0.3) is 5.91 Å². The van der Waals surface area contributed by atoms with Crippen LogP contribution in [0.1, 0.15) is 10.4 Å². The van der Waals surface area contributed by atoms with Gasteiger partial charge in [0.2, 0.25) is 0 Å². The highest BCUT2D eigenvalue weighted by Crippen LogP contribution is 2.29. The molecule has 1 atom stereocenters. The molecule has 2 aromatic rings. The molecule has 4 rings (SSSR count). The number of urea groups is 1. The summed E-state index contributed by atoms with van der Waals surface area (Å²) in [5, 5.41) is 6.16. The minimum absolute atomic E-state index is 0.135. The number of ether oxygens (including phenoxy) is 2. The van der Waals surface area contributed by atoms with Crippen molar-refractivity contribution in [1.29, 1.82) is 0 Å². The van der Waals surface area contributed by atoms with Crippen LogP contribution in [0.25, 0.3) is 0 Å². The standard InChI is InChI=1S/C24H25N3O5S2/c1-31-19-6-5-16(14-20(19)32-2)7-10-25-21(28)15-27-18-9-13-34-22(18)23(29)26(24(27)30)11-8-17-4-3-12-33-17/h3-6,9,12-14,22H,7-8,10-11,15H2,1-2H3/p+1. The molecule has 0 fully saturated rings. The van der Waals surface area contributed by atoms with Gasteiger partial charge in [-0.05, 0) is 47.0 Å². The van der Waals surface area contributed by atoms with Crippen molar-refractivity contribution in [2.24, 2.45) is 0 Å². The van der Waals surface area contributed by atoms with E-state index in [4.69, 9.17) is 9.47 Å². The fourth-order valence-corrected chi connectivity index (χ4v) is 5.54. The molecule has 3 heterocycles. The minimum atomic E-state index is -0.486. The van der Waals surface area contributed by atoms with Crippen molar-refractivity contribution in [3.63, 3.8) is 0 Å². The Kier molecular flexibility index (Phi) is 7.69. The van der Waals surface area contributed by atoms with Crippen LogP contribution < -0.4 is 14.8 Å². The predicted molar refractivity (Wildman–Crippen MR) is 132 cm³/mol. The molecule has 0 radical (unpaired) electrons. The molecule has 1 aromatic carbocycles. The van der Waals surface area contributed by atoms with Gasteiger partial charge in [0, 0.05) is 17.8 Å². The maximum absolute atomic E-state index is 13.2. The number of imide groups is 1. The van der Waals surface area contributed by atoms with E-state index in [1.165, 1.54) is 21.2 Å². The van der Waals surface area contributed by atoms with E-state index in [-0.39, 0.29) is 18.4 Å². The maximum atomic E-state index is 13.2. The Morgan fingerprint density at radius 2 is 1.97 bits per heavy atom. The number of allylic oxidation sites excluding steroid dienone is 1. The Labute approximate surface area is 206 Å². The first-order valence-electron chi connectivity index (χ1n) is 10.8. The van der Waals surface area contributed by atoms with Crippen molar-refractivity contribution in [1.82, 2.24) is 10.2 Å². The van der Waals surface area contributed by atoms with Gasteiger partial charge in [0.1, 0.15) is 12.3 Å². The van der Waals surface area contributed by atoms with Crippen molar-refractivity contribution in [2.45, 2.75) is 18.1 Å². The van der Waals surface area contributed by atoms with Crippen molar-refractivity contribution in [3.05, 3.63) is 57.6 Å². The number of rotatable bonds is 10. The summed E-state index contributed by atoms with van der Waals surface area (Å²) in [4.78, 5) is 41.1. The third-order valence-electron chi connectivity index (χ3n) is 5.63. The van der Waals surface area contributed by atoms with E-state index in [0.29, 0.717) is 43.1 Å². The highest BCUT2D eigenvalue weighted by molar-refractivity contribution is 8.04. The number of thiophene rings is 1. The van der Waals surface area contributed by atoms with Crippen LogP contribution in [-0.2, 0) is 22.4 Å². The molecule has 178 valence electrons. The molecule has 0 saturated carbocycles. The van der Waals surface area contributed by atoms with Crippen molar-refractivity contribution >= 4 is 46.7 Å². The number of fused-ring (bicyclic) bond motifs is 1. The average molecular weight is 501 g/mol. The fourth-order valence-electron chi connectivity index (χ4n) is 3.88. The number of methoxy groups -OCH3 is 2. The number of hydrogen-bond acceptors (Lipinski definition) is 7. The third-order valence-corrected chi connectivity index (χ3v) is 7.58. The molecule has 10 heteroatoms. The van der Waals surface area contributed by atoms with Crippen LogP contribution in [0.3, 0.4) is 0 Å². The number of nitrogens with one attached hydrogen (secondary N) is 1. The predicted octanol–water partition coefficient (Wildman–Crippen LogP) is 2.71. The molecule has 1 unspecified atom stereocenters. The van der Waals surface area contributed by atoms with E-state index >= 15 is 0 Å². The van der Waals surface area contributed by atoms with E-state index in [2.05, 4.69) is 5.32 Å². The lowest BCUT2D eigenvalue weighted by atomic mass is 10.1. The number of carbonyl (C=O) groups excluding carboxylic acids is 3. The van der Waals surface area contributed by atoms with Gasteiger partial charge in [0.15, 0.2) is 23.3 Å². The van der Waals surface area contributed by atoms with Crippen molar-refractivity contribution < 1.29 is 28.4 Å². The Morgan fingerprint density at radius 1 is 1.15 bits per heavy atom. The quantitative estimate of drug-likeness (QED) is 0.505. The molecule has 0 saturated heterocycles. The van der Waals surface area contributed by atoms with Gasteiger partial charge in [-0.2, -0.15) is 14.3 Å². The lowest BCUT2D eigenvalue weighted by molar-refractivity contribution is -0.426. The smallest absolute Gasteiger partial charge is 0.493 e. The van der Waals surface area contributed by atoms with Crippen LogP contribution in [0.5, 0.6) is 11.5 Å². The number of thioether (sulfide) groups is 1. The van der Waals surface area contributed by atoms with Crippen LogP contribution in [-0.4, -0.2) is 72.1 Å². The van der Waals surface area contributed by atoms with Gasteiger partial charge in [0.05, 0.1) is 14.2 Å². The second-order valence-corrected chi connectivity index (χ2v) is 9.77. The molecule has 34 heavy (non-hydrogen) atoms. The number of benzene rings is 1. The summed E-state index contributed by atoms with van der Waals surface area (Å²) in [6.07, 6.45) is 2.94. The topological polar surface area (TPSA) is 88.0 Å². The second kappa shape index (κ2) is 10.9. The maximum Gasteiger partial charge on any atom is 0.501 e. The van der Waals surface area contributed by atoms with Crippen LogP contribution in [0.4, 0.5) is 4.79 Å². The molecular weight excluding hydrogens is 474 g/mol. The highest BCUT2D eigenvalue weighted by Gasteiger charge is 2.49. The summed E-state index contributed by atoms with van der Waals surface area (Å²) in [7, 11) is 3.16. The molecule has 1 N–H and O–H groups in total. The zero-order valence-electron chi connectivity index (χ0n) is 19.0. The summed E-state index contributed by atoms with van der Waals surface area (Å²) in [6.45, 7) is 0.560. The molecule has 4 amide bonds. The number of hydrogen-bond donors (Lipinski definition) is 1. The van der Waals surface area contributed by atoms with Crippen LogP contribution in [0, 0.1) is 0 Å². The summed E-state index contributed by atoms with van der Waals surface area (Å²) in [6, 6.07) is 9.09. The molecule has 2 aliphatic rings. The molecule has 8 nitrogen and oxygen atoms in total. The normalized spacial score (nSPS) is 17.2. The molecule has 0 aliphatic carbocycles. The Hall–Kier alpha value is -3.11. The zero-order chi connectivity index (χ0) is 24.1. The van der Waals surface area contributed by atoms with Gasteiger partial charge in [-0.3, -0.25) is 4.79 Å². The molecule has 1 aromatic heterocycles. The Balaban J connectivity index is 1.38. The van der Waals surface area contributed by atoms with Crippen LogP contribution in [0.15, 0.2) is 47.2 Å². The SMILES string of the molecule is COc1ccc(CCNC(=O)C[N+]2=C3C=CSC3C(=O)N(CCc3cccs3)C2=O)cc1OC. The number of nitrogens with zero attached hydrogens (tertiary/aromatic N) is 2.